The van der Waals surface area contributed by atoms with E-state index in [0.717, 1.165) is 34.1 Å². The number of nitrogens with one attached hydrogen (secondary N) is 1. The second kappa shape index (κ2) is 8.68. The second-order valence-electron chi connectivity index (χ2n) is 7.99. The molecular formula is C25H26N2O4. The number of benzene rings is 2. The van der Waals surface area contributed by atoms with E-state index in [1.165, 1.54) is 0 Å². The van der Waals surface area contributed by atoms with Gasteiger partial charge in [0.25, 0.3) is 5.91 Å². The average molecular weight is 418 g/mol. The molecular weight excluding hydrogens is 392 g/mol. The second-order valence-corrected chi connectivity index (χ2v) is 7.99. The molecule has 0 saturated carbocycles. The summed E-state index contributed by atoms with van der Waals surface area (Å²) >= 11 is 0. The number of ether oxygens (including phenoxy) is 1. The largest absolute Gasteiger partial charge is 0.497 e. The molecule has 0 radical (unpaired) electrons. The molecule has 0 aliphatic carbocycles. The van der Waals surface area contributed by atoms with Crippen molar-refractivity contribution in [1.29, 1.82) is 0 Å². The lowest BCUT2D eigenvalue weighted by Crippen LogP contribution is -2.35. The molecule has 2 amide bonds. The third kappa shape index (κ3) is 4.48. The van der Waals surface area contributed by atoms with E-state index in [1.54, 1.807) is 31.4 Å². The zero-order valence-electron chi connectivity index (χ0n) is 18.0. The summed E-state index contributed by atoms with van der Waals surface area (Å²) < 4.78 is 11.3. The minimum atomic E-state index is -0.0891. The minimum Gasteiger partial charge on any atom is -0.497 e. The first kappa shape index (κ1) is 20.7. The lowest BCUT2D eigenvalue weighted by atomic mass is 10.1. The maximum absolute atomic E-state index is 12.9. The van der Waals surface area contributed by atoms with E-state index in [9.17, 15) is 9.59 Å². The molecule has 0 bridgehead atoms. The number of methoxy groups -OCH3 is 1. The summed E-state index contributed by atoms with van der Waals surface area (Å²) in [4.78, 5) is 26.7. The Kier molecular flexibility index (Phi) is 5.80. The molecule has 0 unspecified atom stereocenters. The van der Waals surface area contributed by atoms with Crippen LogP contribution in [0.2, 0.25) is 0 Å². The SMILES string of the molecule is COc1ccc(C(=O)N2CCc3oc(-c4cccc(NC(=O)C(C)C)c4)cc3C2)cc1. The molecule has 2 aromatic carbocycles. The van der Waals surface area contributed by atoms with Gasteiger partial charge in [0.05, 0.1) is 7.11 Å². The van der Waals surface area contributed by atoms with E-state index in [2.05, 4.69) is 5.32 Å². The van der Waals surface area contributed by atoms with Crippen LogP contribution >= 0.6 is 0 Å². The van der Waals surface area contributed by atoms with Gasteiger partial charge in [-0.05, 0) is 42.5 Å². The van der Waals surface area contributed by atoms with E-state index in [4.69, 9.17) is 9.15 Å². The highest BCUT2D eigenvalue weighted by Gasteiger charge is 2.25. The number of carbonyl (C=O) groups is 2. The standard InChI is InChI=1S/C25H26N2O4/c1-16(2)24(28)26-20-6-4-5-18(13-20)23-14-19-15-27(12-11-22(19)31-23)25(29)17-7-9-21(30-3)10-8-17/h4-10,13-14,16H,11-12,15H2,1-3H3,(H,26,28). The number of fused-ring (bicyclic) bond motifs is 1. The van der Waals surface area contributed by atoms with Gasteiger partial charge in [0.1, 0.15) is 17.3 Å². The average Bonchev–Trinajstić information content (AvgIpc) is 3.22. The van der Waals surface area contributed by atoms with Crippen LogP contribution in [0.4, 0.5) is 5.69 Å². The number of hydrogen-bond acceptors (Lipinski definition) is 4. The normalized spacial score (nSPS) is 13.1. The summed E-state index contributed by atoms with van der Waals surface area (Å²) in [5.41, 5.74) is 3.28. The van der Waals surface area contributed by atoms with E-state index in [-0.39, 0.29) is 17.7 Å². The molecule has 1 aliphatic heterocycles. The van der Waals surface area contributed by atoms with Gasteiger partial charge in [-0.3, -0.25) is 9.59 Å². The van der Waals surface area contributed by atoms with Crippen LogP contribution in [0.15, 0.2) is 59.0 Å². The summed E-state index contributed by atoms with van der Waals surface area (Å²) in [5.74, 6) is 2.25. The van der Waals surface area contributed by atoms with Crippen LogP contribution < -0.4 is 10.1 Å². The predicted octanol–water partition coefficient (Wildman–Crippen LogP) is 4.75. The van der Waals surface area contributed by atoms with Gasteiger partial charge < -0.3 is 19.4 Å². The van der Waals surface area contributed by atoms with Crippen molar-refractivity contribution >= 4 is 17.5 Å². The van der Waals surface area contributed by atoms with Crippen LogP contribution in [0.25, 0.3) is 11.3 Å². The fraction of sp³-hybridized carbons (Fsp3) is 0.280. The number of anilines is 1. The first-order valence-electron chi connectivity index (χ1n) is 10.4. The van der Waals surface area contributed by atoms with Crippen molar-refractivity contribution in [2.45, 2.75) is 26.8 Å². The zero-order chi connectivity index (χ0) is 22.0. The molecule has 160 valence electrons. The van der Waals surface area contributed by atoms with Crippen molar-refractivity contribution in [2.75, 3.05) is 19.0 Å². The Hall–Kier alpha value is -3.54. The molecule has 31 heavy (non-hydrogen) atoms. The van der Waals surface area contributed by atoms with Gasteiger partial charge in [0, 0.05) is 47.8 Å². The lowest BCUT2D eigenvalue weighted by Gasteiger charge is -2.26. The van der Waals surface area contributed by atoms with Crippen LogP contribution in [0.3, 0.4) is 0 Å². The molecule has 0 saturated heterocycles. The van der Waals surface area contributed by atoms with Gasteiger partial charge >= 0.3 is 0 Å². The molecule has 0 atom stereocenters. The molecule has 4 rings (SSSR count). The van der Waals surface area contributed by atoms with Crippen LogP contribution in [-0.4, -0.2) is 30.4 Å². The van der Waals surface area contributed by atoms with Crippen LogP contribution in [0.1, 0.15) is 35.5 Å². The maximum Gasteiger partial charge on any atom is 0.254 e. The van der Waals surface area contributed by atoms with Crippen molar-refractivity contribution in [3.63, 3.8) is 0 Å². The quantitative estimate of drug-likeness (QED) is 0.649. The van der Waals surface area contributed by atoms with Gasteiger partial charge in [0.2, 0.25) is 5.91 Å². The Bertz CT molecular complexity index is 1100. The number of hydrogen-bond donors (Lipinski definition) is 1. The Labute approximate surface area is 181 Å². The molecule has 2 heterocycles. The molecule has 1 aliphatic rings. The topological polar surface area (TPSA) is 71.8 Å². The molecule has 1 N–H and O–H groups in total. The maximum atomic E-state index is 12.9. The smallest absolute Gasteiger partial charge is 0.254 e. The fourth-order valence-electron chi connectivity index (χ4n) is 3.60. The zero-order valence-corrected chi connectivity index (χ0v) is 18.0. The van der Waals surface area contributed by atoms with Crippen molar-refractivity contribution < 1.29 is 18.7 Å². The van der Waals surface area contributed by atoms with Crippen molar-refractivity contribution in [1.82, 2.24) is 4.90 Å². The summed E-state index contributed by atoms with van der Waals surface area (Å²) in [5, 5.41) is 2.92. The summed E-state index contributed by atoms with van der Waals surface area (Å²) in [6.45, 7) is 4.83. The molecule has 1 aromatic heterocycles. The van der Waals surface area contributed by atoms with E-state index in [1.807, 2.05) is 49.1 Å². The molecule has 6 heteroatoms. The van der Waals surface area contributed by atoms with Gasteiger partial charge in [-0.15, -0.1) is 0 Å². The highest BCUT2D eigenvalue weighted by molar-refractivity contribution is 5.94. The van der Waals surface area contributed by atoms with Crippen molar-refractivity contribution in [3.05, 3.63) is 71.5 Å². The lowest BCUT2D eigenvalue weighted by molar-refractivity contribution is -0.118. The van der Waals surface area contributed by atoms with Gasteiger partial charge in [-0.25, -0.2) is 0 Å². The van der Waals surface area contributed by atoms with Gasteiger partial charge in [-0.1, -0.05) is 26.0 Å². The van der Waals surface area contributed by atoms with Crippen LogP contribution in [0.5, 0.6) is 5.75 Å². The number of nitrogens with zero attached hydrogens (tertiary/aromatic N) is 1. The Morgan fingerprint density at radius 3 is 2.58 bits per heavy atom. The monoisotopic (exact) mass is 418 g/mol. The highest BCUT2D eigenvalue weighted by Crippen LogP contribution is 2.31. The minimum absolute atomic E-state index is 0.00514. The fourth-order valence-corrected chi connectivity index (χ4v) is 3.60. The highest BCUT2D eigenvalue weighted by atomic mass is 16.5. The molecule has 0 fully saturated rings. The molecule has 6 nitrogen and oxygen atoms in total. The van der Waals surface area contributed by atoms with E-state index in [0.29, 0.717) is 25.1 Å². The Morgan fingerprint density at radius 2 is 1.87 bits per heavy atom. The summed E-state index contributed by atoms with van der Waals surface area (Å²) in [6.07, 6.45) is 0.668. The van der Waals surface area contributed by atoms with Gasteiger partial charge in [-0.2, -0.15) is 0 Å². The summed E-state index contributed by atoms with van der Waals surface area (Å²) in [6, 6.07) is 16.8. The first-order valence-corrected chi connectivity index (χ1v) is 10.4. The Balaban J connectivity index is 1.50. The number of rotatable bonds is 5. The van der Waals surface area contributed by atoms with Crippen molar-refractivity contribution in [2.24, 2.45) is 5.92 Å². The number of amides is 2. The van der Waals surface area contributed by atoms with Gasteiger partial charge in [0.15, 0.2) is 0 Å². The molecule has 0 spiro atoms. The van der Waals surface area contributed by atoms with E-state index < -0.39 is 0 Å². The van der Waals surface area contributed by atoms with Crippen LogP contribution in [-0.2, 0) is 17.8 Å². The first-order chi connectivity index (χ1) is 14.9. The van der Waals surface area contributed by atoms with Crippen molar-refractivity contribution in [3.8, 4) is 17.1 Å². The number of furan rings is 1. The third-order valence-corrected chi connectivity index (χ3v) is 5.43. The number of carbonyl (C=O) groups excluding carboxylic acids is 2. The Morgan fingerprint density at radius 1 is 1.10 bits per heavy atom. The summed E-state index contributed by atoms with van der Waals surface area (Å²) in [7, 11) is 1.60. The van der Waals surface area contributed by atoms with Crippen LogP contribution in [0, 0.1) is 5.92 Å². The van der Waals surface area contributed by atoms with E-state index >= 15 is 0 Å². The molecule has 3 aromatic rings. The third-order valence-electron chi connectivity index (χ3n) is 5.43. The predicted molar refractivity (Wildman–Crippen MR) is 119 cm³/mol.